The van der Waals surface area contributed by atoms with E-state index in [4.69, 9.17) is 11.6 Å². The number of aromatic nitrogens is 3. The highest BCUT2D eigenvalue weighted by molar-refractivity contribution is 7.14. The van der Waals surface area contributed by atoms with Crippen LogP contribution >= 0.6 is 22.9 Å². The molecular weight excluding hydrogens is 408 g/mol. The van der Waals surface area contributed by atoms with E-state index in [1.54, 1.807) is 5.38 Å². The molecule has 0 aliphatic carbocycles. The molecule has 150 valence electrons. The van der Waals surface area contributed by atoms with Crippen LogP contribution in [0, 0.1) is 13.8 Å². The zero-order valence-electron chi connectivity index (χ0n) is 16.2. The minimum atomic E-state index is -0.0496. The maximum atomic E-state index is 12.8. The van der Waals surface area contributed by atoms with Gasteiger partial charge in [-0.05, 0) is 44.2 Å². The Labute approximate surface area is 178 Å². The lowest BCUT2D eigenvalue weighted by Crippen LogP contribution is -2.48. The third-order valence-corrected chi connectivity index (χ3v) is 5.69. The van der Waals surface area contributed by atoms with Crippen molar-refractivity contribution in [1.29, 1.82) is 0 Å². The van der Waals surface area contributed by atoms with Gasteiger partial charge in [0.2, 0.25) is 5.95 Å². The third kappa shape index (κ3) is 4.65. The van der Waals surface area contributed by atoms with Gasteiger partial charge in [-0.1, -0.05) is 11.6 Å². The number of carbonyl (C=O) groups is 1. The summed E-state index contributed by atoms with van der Waals surface area (Å²) in [7, 11) is 0. The molecule has 1 aliphatic heterocycles. The van der Waals surface area contributed by atoms with E-state index in [1.165, 1.54) is 11.3 Å². The molecule has 7 nitrogen and oxygen atoms in total. The quantitative estimate of drug-likeness (QED) is 0.679. The zero-order valence-corrected chi connectivity index (χ0v) is 17.8. The average Bonchev–Trinajstić information content (AvgIpc) is 3.16. The standard InChI is InChI=1S/C20H21ClN6OS/c1-13-11-14(2)23-19(22-13)25-20-24-17(12-29-20)18(28)27-9-7-26(8-10-27)16-5-3-15(21)4-6-16/h3-6,11-12H,7-10H2,1-2H3,(H,22,23,24,25). The highest BCUT2D eigenvalue weighted by Crippen LogP contribution is 2.22. The second-order valence-electron chi connectivity index (χ2n) is 6.89. The topological polar surface area (TPSA) is 74.2 Å². The molecule has 1 saturated heterocycles. The van der Waals surface area contributed by atoms with Crippen molar-refractivity contribution < 1.29 is 4.79 Å². The van der Waals surface area contributed by atoms with Crippen LogP contribution < -0.4 is 10.2 Å². The van der Waals surface area contributed by atoms with Crippen LogP contribution in [0.4, 0.5) is 16.8 Å². The number of nitrogens with zero attached hydrogens (tertiary/aromatic N) is 5. The molecule has 2 aromatic heterocycles. The van der Waals surface area contributed by atoms with E-state index in [9.17, 15) is 4.79 Å². The first-order valence-electron chi connectivity index (χ1n) is 9.32. The van der Waals surface area contributed by atoms with E-state index < -0.39 is 0 Å². The summed E-state index contributed by atoms with van der Waals surface area (Å²) in [6.07, 6.45) is 0. The van der Waals surface area contributed by atoms with Gasteiger partial charge >= 0.3 is 0 Å². The van der Waals surface area contributed by atoms with Crippen molar-refractivity contribution in [2.45, 2.75) is 13.8 Å². The maximum absolute atomic E-state index is 12.8. The number of amides is 1. The molecule has 0 saturated carbocycles. The molecule has 4 rings (SSSR count). The number of hydrogen-bond acceptors (Lipinski definition) is 7. The predicted molar refractivity (Wildman–Crippen MR) is 116 cm³/mol. The summed E-state index contributed by atoms with van der Waals surface area (Å²) in [4.78, 5) is 30.1. The summed E-state index contributed by atoms with van der Waals surface area (Å²) in [5, 5.41) is 6.20. The first kappa shape index (κ1) is 19.6. The number of nitrogens with one attached hydrogen (secondary N) is 1. The lowest BCUT2D eigenvalue weighted by molar-refractivity contribution is 0.0742. The largest absolute Gasteiger partial charge is 0.368 e. The van der Waals surface area contributed by atoms with Crippen molar-refractivity contribution in [2.24, 2.45) is 0 Å². The molecule has 1 aromatic carbocycles. The van der Waals surface area contributed by atoms with Crippen LogP contribution in [-0.4, -0.2) is 51.9 Å². The van der Waals surface area contributed by atoms with Gasteiger partial charge in [-0.25, -0.2) is 15.0 Å². The van der Waals surface area contributed by atoms with Crippen LogP contribution in [0.25, 0.3) is 0 Å². The molecule has 0 bridgehead atoms. The molecule has 1 amide bonds. The second-order valence-corrected chi connectivity index (χ2v) is 8.19. The highest BCUT2D eigenvalue weighted by Gasteiger charge is 2.24. The van der Waals surface area contributed by atoms with Gasteiger partial charge in [-0.15, -0.1) is 11.3 Å². The number of carbonyl (C=O) groups excluding carboxylic acids is 1. The Morgan fingerprint density at radius 1 is 1.03 bits per heavy atom. The summed E-state index contributed by atoms with van der Waals surface area (Å²) in [6.45, 7) is 6.70. The van der Waals surface area contributed by atoms with Gasteiger partial charge in [0.15, 0.2) is 5.13 Å². The summed E-state index contributed by atoms with van der Waals surface area (Å²) in [5.74, 6) is 0.443. The molecule has 0 atom stereocenters. The van der Waals surface area contributed by atoms with Gasteiger partial charge in [-0.2, -0.15) is 0 Å². The lowest BCUT2D eigenvalue weighted by Gasteiger charge is -2.35. The summed E-state index contributed by atoms with van der Waals surface area (Å²) < 4.78 is 0. The van der Waals surface area contributed by atoms with Crippen LogP contribution in [0.1, 0.15) is 21.9 Å². The van der Waals surface area contributed by atoms with E-state index in [0.29, 0.717) is 29.9 Å². The molecule has 0 spiro atoms. The highest BCUT2D eigenvalue weighted by atomic mass is 35.5. The minimum Gasteiger partial charge on any atom is -0.368 e. The number of halogens is 1. The Morgan fingerprint density at radius 2 is 1.69 bits per heavy atom. The number of benzene rings is 1. The maximum Gasteiger partial charge on any atom is 0.273 e. The molecule has 29 heavy (non-hydrogen) atoms. The van der Waals surface area contributed by atoms with Crippen molar-refractivity contribution in [3.63, 3.8) is 0 Å². The normalized spacial score (nSPS) is 14.2. The monoisotopic (exact) mass is 428 g/mol. The molecule has 3 aromatic rings. The van der Waals surface area contributed by atoms with Gasteiger partial charge in [0.1, 0.15) is 5.69 Å². The van der Waals surface area contributed by atoms with Gasteiger partial charge in [0.05, 0.1) is 0 Å². The first-order valence-corrected chi connectivity index (χ1v) is 10.6. The molecule has 1 fully saturated rings. The summed E-state index contributed by atoms with van der Waals surface area (Å²) >= 11 is 7.34. The average molecular weight is 429 g/mol. The number of thiazole rings is 1. The fraction of sp³-hybridized carbons (Fsp3) is 0.300. The van der Waals surface area contributed by atoms with Crippen LogP contribution in [0.2, 0.25) is 5.02 Å². The Hall–Kier alpha value is -2.71. The molecule has 9 heteroatoms. The third-order valence-electron chi connectivity index (χ3n) is 4.68. The second kappa shape index (κ2) is 8.34. The molecule has 3 heterocycles. The van der Waals surface area contributed by atoms with Crippen LogP contribution in [-0.2, 0) is 0 Å². The Balaban J connectivity index is 1.37. The molecule has 1 N–H and O–H groups in total. The lowest BCUT2D eigenvalue weighted by atomic mass is 10.2. The van der Waals surface area contributed by atoms with Gasteiger partial charge in [0, 0.05) is 53.7 Å². The van der Waals surface area contributed by atoms with Crippen LogP contribution in [0.3, 0.4) is 0 Å². The van der Waals surface area contributed by atoms with Gasteiger partial charge in [-0.3, -0.25) is 4.79 Å². The number of anilines is 3. The number of hydrogen-bond donors (Lipinski definition) is 1. The molecule has 1 aliphatic rings. The van der Waals surface area contributed by atoms with E-state index in [-0.39, 0.29) is 5.91 Å². The molecular formula is C20H21ClN6OS. The first-order chi connectivity index (χ1) is 14.0. The van der Waals surface area contributed by atoms with E-state index >= 15 is 0 Å². The van der Waals surface area contributed by atoms with Crippen molar-refractivity contribution in [2.75, 3.05) is 36.4 Å². The fourth-order valence-electron chi connectivity index (χ4n) is 3.29. The van der Waals surface area contributed by atoms with Crippen molar-refractivity contribution in [3.8, 4) is 0 Å². The Kier molecular flexibility index (Phi) is 5.64. The van der Waals surface area contributed by atoms with Gasteiger partial charge in [0.25, 0.3) is 5.91 Å². The number of aryl methyl sites for hydroxylation is 2. The van der Waals surface area contributed by atoms with Crippen molar-refractivity contribution in [3.05, 3.63) is 57.8 Å². The number of rotatable bonds is 4. The predicted octanol–water partition coefficient (Wildman–Crippen LogP) is 3.91. The smallest absolute Gasteiger partial charge is 0.273 e. The summed E-state index contributed by atoms with van der Waals surface area (Å²) in [5.41, 5.74) is 3.33. The molecule has 0 unspecified atom stereocenters. The van der Waals surface area contributed by atoms with E-state index in [1.807, 2.05) is 49.1 Å². The van der Waals surface area contributed by atoms with E-state index in [0.717, 1.165) is 35.2 Å². The van der Waals surface area contributed by atoms with E-state index in [2.05, 4.69) is 25.2 Å². The Morgan fingerprint density at radius 3 is 2.34 bits per heavy atom. The van der Waals surface area contributed by atoms with Crippen LogP contribution in [0.5, 0.6) is 0 Å². The van der Waals surface area contributed by atoms with Crippen molar-refractivity contribution >= 4 is 45.6 Å². The van der Waals surface area contributed by atoms with Crippen LogP contribution in [0.15, 0.2) is 35.7 Å². The fourth-order valence-corrected chi connectivity index (χ4v) is 4.09. The van der Waals surface area contributed by atoms with Crippen molar-refractivity contribution in [1.82, 2.24) is 19.9 Å². The zero-order chi connectivity index (χ0) is 20.4. The minimum absolute atomic E-state index is 0.0496. The SMILES string of the molecule is Cc1cc(C)nc(Nc2nc(C(=O)N3CCN(c4ccc(Cl)cc4)CC3)cs2)n1. The van der Waals surface area contributed by atoms with Gasteiger partial charge < -0.3 is 15.1 Å². The number of piperazine rings is 1. The summed E-state index contributed by atoms with van der Waals surface area (Å²) in [6, 6.07) is 9.70. The molecule has 0 radical (unpaired) electrons. The Bertz CT molecular complexity index is 994.